The number of unbranched alkanes of at least 4 members (excludes halogenated alkanes) is 10. The second-order valence-electron chi connectivity index (χ2n) is 9.08. The highest BCUT2D eigenvalue weighted by Gasteiger charge is 2.34. The third kappa shape index (κ3) is 9.96. The van der Waals surface area contributed by atoms with E-state index in [0.29, 0.717) is 11.8 Å². The lowest BCUT2D eigenvalue weighted by Gasteiger charge is -2.25. The van der Waals surface area contributed by atoms with E-state index in [1.807, 2.05) is 12.4 Å². The molecule has 2 rings (SSSR count). The van der Waals surface area contributed by atoms with Gasteiger partial charge in [0.05, 0.1) is 5.92 Å². The van der Waals surface area contributed by atoms with E-state index in [9.17, 15) is 0 Å². The van der Waals surface area contributed by atoms with E-state index in [1.165, 1.54) is 95.5 Å². The van der Waals surface area contributed by atoms with Crippen LogP contribution in [0.5, 0.6) is 0 Å². The van der Waals surface area contributed by atoms with Gasteiger partial charge in [-0.2, -0.15) is 0 Å². The molecule has 2 heteroatoms. The van der Waals surface area contributed by atoms with Gasteiger partial charge in [-0.25, -0.2) is 0 Å². The van der Waals surface area contributed by atoms with Crippen molar-refractivity contribution in [1.29, 1.82) is 0 Å². The lowest BCUT2D eigenvalue weighted by atomic mass is 9.79. The molecule has 0 spiro atoms. The molecule has 0 amide bonds. The molecule has 1 aromatic carbocycles. The van der Waals surface area contributed by atoms with Crippen molar-refractivity contribution < 1.29 is 0 Å². The summed E-state index contributed by atoms with van der Waals surface area (Å²) in [5.74, 6) is 1.14. The Labute approximate surface area is 186 Å². The molecule has 0 saturated carbocycles. The molecule has 2 nitrogen and oxygen atoms in total. The molecule has 0 aromatic heterocycles. The molecular formula is C28H45N2+. The Morgan fingerprint density at radius 3 is 1.80 bits per heavy atom. The largest absolute Gasteiger partial charge is 0.244 e. The number of benzene rings is 1. The van der Waals surface area contributed by atoms with Gasteiger partial charge in [-0.1, -0.05) is 131 Å². The Morgan fingerprint density at radius 1 is 0.667 bits per heavy atom. The van der Waals surface area contributed by atoms with E-state index in [0.717, 1.165) is 12.6 Å². The first-order chi connectivity index (χ1) is 14.8. The topological polar surface area (TPSA) is 24.7 Å². The predicted molar refractivity (Wildman–Crippen MR) is 133 cm³/mol. The minimum absolute atomic E-state index is 0.494. The van der Waals surface area contributed by atoms with Crippen molar-refractivity contribution >= 4 is 12.4 Å². The summed E-state index contributed by atoms with van der Waals surface area (Å²) in [7, 11) is 0. The van der Waals surface area contributed by atoms with Crippen LogP contribution in [0.4, 0.5) is 0 Å². The summed E-state index contributed by atoms with van der Waals surface area (Å²) in [4.78, 5) is 9.18. The molecule has 0 bridgehead atoms. The average molecular weight is 410 g/mol. The Balaban J connectivity index is 1.73. The molecule has 1 aliphatic rings. The first-order valence-electron chi connectivity index (χ1n) is 12.8. The van der Waals surface area contributed by atoms with Crippen LogP contribution in [-0.2, 0) is 6.42 Å². The van der Waals surface area contributed by atoms with Crippen LogP contribution in [-0.4, -0.2) is 12.4 Å². The molecule has 30 heavy (non-hydrogen) atoms. The van der Waals surface area contributed by atoms with Gasteiger partial charge in [0.1, 0.15) is 0 Å². The fraction of sp³-hybridized carbons (Fsp3) is 0.679. The molecule has 1 heterocycles. The molecule has 0 N–H and O–H groups in total. The minimum Gasteiger partial charge on any atom is -0.0965 e. The van der Waals surface area contributed by atoms with Crippen molar-refractivity contribution in [2.45, 2.75) is 110 Å². The van der Waals surface area contributed by atoms with Crippen LogP contribution in [0.25, 0.3) is 0 Å². The molecule has 0 aliphatic carbocycles. The van der Waals surface area contributed by atoms with Crippen molar-refractivity contribution in [2.24, 2.45) is 21.8 Å². The van der Waals surface area contributed by atoms with Crippen LogP contribution >= 0.6 is 0 Å². The number of aliphatic imine (C=N–C) groups is 2. The van der Waals surface area contributed by atoms with Crippen molar-refractivity contribution in [3.8, 4) is 0 Å². The summed E-state index contributed by atoms with van der Waals surface area (Å²) in [6, 6.07) is 11.0. The van der Waals surface area contributed by atoms with E-state index in [2.05, 4.69) is 54.2 Å². The van der Waals surface area contributed by atoms with Gasteiger partial charge in [0.25, 0.3) is 0 Å². The first kappa shape index (κ1) is 24.7. The zero-order valence-electron chi connectivity index (χ0n) is 19.7. The highest BCUT2D eigenvalue weighted by molar-refractivity contribution is 6.18. The zero-order valence-corrected chi connectivity index (χ0v) is 19.7. The monoisotopic (exact) mass is 409 g/mol. The number of rotatable bonds is 18. The SMILES string of the molecule is CCCCCCCCCCCCCC(Cc1ccccc1)C(CCC)[C+]1N=CC=N1. The highest BCUT2D eigenvalue weighted by atomic mass is 15.0. The Morgan fingerprint density at radius 2 is 1.23 bits per heavy atom. The minimum atomic E-state index is 0.494. The van der Waals surface area contributed by atoms with Gasteiger partial charge in [0.2, 0.25) is 6.17 Å². The second-order valence-corrected chi connectivity index (χ2v) is 9.08. The van der Waals surface area contributed by atoms with Crippen LogP contribution < -0.4 is 0 Å². The maximum Gasteiger partial charge on any atom is 0.244 e. The smallest absolute Gasteiger partial charge is 0.0965 e. The van der Waals surface area contributed by atoms with Crippen molar-refractivity contribution in [3.05, 3.63) is 42.1 Å². The summed E-state index contributed by atoms with van der Waals surface area (Å²) in [6.07, 6.45) is 25.1. The fourth-order valence-corrected chi connectivity index (χ4v) is 4.76. The highest BCUT2D eigenvalue weighted by Crippen LogP contribution is 2.36. The van der Waals surface area contributed by atoms with Crippen LogP contribution in [0, 0.1) is 18.0 Å². The molecule has 2 atom stereocenters. The van der Waals surface area contributed by atoms with E-state index in [1.54, 1.807) is 0 Å². The van der Waals surface area contributed by atoms with E-state index in [-0.39, 0.29) is 0 Å². The summed E-state index contributed by atoms with van der Waals surface area (Å²) in [5.41, 5.74) is 1.46. The number of hydrogen-bond donors (Lipinski definition) is 0. The second kappa shape index (κ2) is 16.2. The summed E-state index contributed by atoms with van der Waals surface area (Å²) in [6.45, 7) is 4.58. The first-order valence-corrected chi connectivity index (χ1v) is 12.8. The van der Waals surface area contributed by atoms with Gasteiger partial charge in [0.15, 0.2) is 12.4 Å². The molecule has 1 aromatic rings. The molecule has 0 saturated heterocycles. The van der Waals surface area contributed by atoms with Gasteiger partial charge in [0, 0.05) is 0 Å². The fourth-order valence-electron chi connectivity index (χ4n) is 4.76. The maximum absolute atomic E-state index is 4.59. The molecular weight excluding hydrogens is 364 g/mol. The molecule has 2 unspecified atom stereocenters. The average Bonchev–Trinajstić information content (AvgIpc) is 3.30. The van der Waals surface area contributed by atoms with Gasteiger partial charge >= 0.3 is 0 Å². The van der Waals surface area contributed by atoms with Crippen LogP contribution in [0.2, 0.25) is 0 Å². The Bertz CT molecular complexity index is 566. The quantitative estimate of drug-likeness (QED) is 0.171. The van der Waals surface area contributed by atoms with Gasteiger partial charge < -0.3 is 0 Å². The summed E-state index contributed by atoms with van der Waals surface area (Å²) < 4.78 is 0. The molecule has 0 fully saturated rings. The van der Waals surface area contributed by atoms with E-state index >= 15 is 0 Å². The standard InChI is InChI=1S/C28H45N2/c1-3-5-6-7-8-9-10-11-12-13-17-21-26(24-25-19-15-14-16-20-25)27(18-4-2)28-29-22-23-30-28/h14-16,19-20,22-23,26-27H,3-13,17-18,21,24H2,1-2H3/q+1. The number of nitrogens with zero attached hydrogens (tertiary/aromatic N) is 2. The van der Waals surface area contributed by atoms with Crippen LogP contribution in [0.1, 0.15) is 109 Å². The number of hydrogen-bond acceptors (Lipinski definition) is 2. The summed E-state index contributed by atoms with van der Waals surface area (Å²) >= 11 is 0. The molecule has 166 valence electrons. The van der Waals surface area contributed by atoms with Crippen LogP contribution in [0.3, 0.4) is 0 Å². The van der Waals surface area contributed by atoms with Crippen molar-refractivity contribution in [3.63, 3.8) is 0 Å². The molecule has 0 radical (unpaired) electrons. The zero-order chi connectivity index (χ0) is 21.3. The third-order valence-corrected chi connectivity index (χ3v) is 6.50. The maximum atomic E-state index is 4.59. The Hall–Kier alpha value is -1.57. The predicted octanol–water partition coefficient (Wildman–Crippen LogP) is 8.61. The lowest BCUT2D eigenvalue weighted by molar-refractivity contribution is 0.290. The van der Waals surface area contributed by atoms with E-state index < -0.39 is 0 Å². The lowest BCUT2D eigenvalue weighted by Crippen LogP contribution is -2.22. The molecule has 1 aliphatic heterocycles. The van der Waals surface area contributed by atoms with Gasteiger partial charge in [-0.3, -0.25) is 0 Å². The van der Waals surface area contributed by atoms with Gasteiger partial charge in [-0.05, 0) is 30.7 Å². The van der Waals surface area contributed by atoms with Gasteiger partial charge in [-0.15, -0.1) is 0 Å². The van der Waals surface area contributed by atoms with Crippen LogP contribution in [0.15, 0.2) is 40.3 Å². The normalized spacial score (nSPS) is 15.1. The van der Waals surface area contributed by atoms with E-state index in [4.69, 9.17) is 0 Å². The van der Waals surface area contributed by atoms with Crippen molar-refractivity contribution in [1.82, 2.24) is 0 Å². The third-order valence-electron chi connectivity index (χ3n) is 6.50. The Kier molecular flexibility index (Phi) is 13.3. The van der Waals surface area contributed by atoms with Crippen molar-refractivity contribution in [2.75, 3.05) is 0 Å². The summed E-state index contributed by atoms with van der Waals surface area (Å²) in [5, 5.41) is 0.